The van der Waals surface area contributed by atoms with Crippen LogP contribution in [0.2, 0.25) is 0 Å². The van der Waals surface area contributed by atoms with E-state index in [0.29, 0.717) is 12.3 Å². The number of para-hydroxylation sites is 1. The maximum Gasteiger partial charge on any atom is 0.371 e. The molecular weight excluding hydrogens is 322 g/mol. The second-order valence-electron chi connectivity index (χ2n) is 4.57. The van der Waals surface area contributed by atoms with Crippen LogP contribution in [0.25, 0.3) is 10.9 Å². The van der Waals surface area contributed by atoms with E-state index in [0.717, 1.165) is 21.1 Å². The van der Waals surface area contributed by atoms with Crippen molar-refractivity contribution in [1.29, 1.82) is 0 Å². The first kappa shape index (κ1) is 13.0. The van der Waals surface area contributed by atoms with Crippen LogP contribution in [0.5, 0.6) is 0 Å². The zero-order valence-electron chi connectivity index (χ0n) is 10.8. The molecule has 0 fully saturated rings. The predicted octanol–water partition coefficient (Wildman–Crippen LogP) is 4.05. The molecule has 0 atom stereocenters. The van der Waals surface area contributed by atoms with Crippen molar-refractivity contribution in [3.05, 3.63) is 58.1 Å². The first-order valence-electron chi connectivity index (χ1n) is 6.13. The molecule has 4 nitrogen and oxygen atoms in total. The molecule has 5 heteroatoms. The monoisotopic (exact) mass is 333 g/mol. The Kier molecular flexibility index (Phi) is 3.14. The molecular formula is C15H12BrNO3. The highest BCUT2D eigenvalue weighted by atomic mass is 79.9. The predicted molar refractivity (Wildman–Crippen MR) is 79.1 cm³/mol. The van der Waals surface area contributed by atoms with Gasteiger partial charge in [0.2, 0.25) is 5.76 Å². The first-order valence-corrected chi connectivity index (χ1v) is 6.92. The Bertz CT molecular complexity index is 801. The summed E-state index contributed by atoms with van der Waals surface area (Å²) >= 11 is 3.60. The second kappa shape index (κ2) is 4.83. The summed E-state index contributed by atoms with van der Waals surface area (Å²) in [5.41, 5.74) is 2.17. The molecule has 102 valence electrons. The average molecular weight is 334 g/mol. The molecule has 3 aromatic rings. The molecule has 2 aromatic heterocycles. The number of carboxylic acid groups (broad SMARTS) is 1. The third kappa shape index (κ3) is 2.04. The number of aromatic carboxylic acids is 1. The lowest BCUT2D eigenvalue weighted by Gasteiger charge is -2.05. The zero-order chi connectivity index (χ0) is 14.3. The summed E-state index contributed by atoms with van der Waals surface area (Å²) in [4.78, 5) is 10.8. The number of benzene rings is 1. The molecule has 0 aliphatic rings. The van der Waals surface area contributed by atoms with Gasteiger partial charge in [0.15, 0.2) is 0 Å². The smallest absolute Gasteiger partial charge is 0.371 e. The molecule has 3 rings (SSSR count). The number of carbonyl (C=O) groups is 1. The van der Waals surface area contributed by atoms with Crippen LogP contribution in [-0.2, 0) is 6.54 Å². The fourth-order valence-corrected chi connectivity index (χ4v) is 2.88. The molecule has 0 bridgehead atoms. The summed E-state index contributed by atoms with van der Waals surface area (Å²) in [5, 5.41) is 10.0. The van der Waals surface area contributed by atoms with E-state index >= 15 is 0 Å². The number of hydrogen-bond acceptors (Lipinski definition) is 2. The van der Waals surface area contributed by atoms with Gasteiger partial charge in [-0.25, -0.2) is 4.79 Å². The van der Waals surface area contributed by atoms with Crippen LogP contribution in [0, 0.1) is 6.92 Å². The highest BCUT2D eigenvalue weighted by Gasteiger charge is 2.14. The van der Waals surface area contributed by atoms with Crippen LogP contribution in [0.15, 0.2) is 45.3 Å². The SMILES string of the molecule is Cc1c(Br)c2ccccc2n1Cc1ccc(C(=O)O)o1. The van der Waals surface area contributed by atoms with Crippen molar-refractivity contribution in [2.45, 2.75) is 13.5 Å². The summed E-state index contributed by atoms with van der Waals surface area (Å²) in [6.07, 6.45) is 0. The molecule has 0 radical (unpaired) electrons. The van der Waals surface area contributed by atoms with Crippen molar-refractivity contribution >= 4 is 32.8 Å². The summed E-state index contributed by atoms with van der Waals surface area (Å²) in [5.74, 6) is -0.460. The van der Waals surface area contributed by atoms with E-state index in [4.69, 9.17) is 9.52 Å². The Balaban J connectivity index is 2.06. The van der Waals surface area contributed by atoms with Gasteiger partial charge in [0.1, 0.15) is 5.76 Å². The maximum absolute atomic E-state index is 10.8. The van der Waals surface area contributed by atoms with Gasteiger partial charge in [-0.15, -0.1) is 0 Å². The van der Waals surface area contributed by atoms with E-state index in [2.05, 4.69) is 20.5 Å². The topological polar surface area (TPSA) is 55.4 Å². The lowest BCUT2D eigenvalue weighted by atomic mass is 10.2. The van der Waals surface area contributed by atoms with E-state index in [1.807, 2.05) is 31.2 Å². The summed E-state index contributed by atoms with van der Waals surface area (Å²) in [6, 6.07) is 11.2. The molecule has 1 aromatic carbocycles. The van der Waals surface area contributed by atoms with Crippen LogP contribution in [0.4, 0.5) is 0 Å². The number of fused-ring (bicyclic) bond motifs is 1. The molecule has 0 aliphatic carbocycles. The van der Waals surface area contributed by atoms with Crippen molar-refractivity contribution < 1.29 is 14.3 Å². The quantitative estimate of drug-likeness (QED) is 0.786. The number of hydrogen-bond donors (Lipinski definition) is 1. The van der Waals surface area contributed by atoms with E-state index in [-0.39, 0.29) is 5.76 Å². The number of rotatable bonds is 3. The normalized spacial score (nSPS) is 11.1. The van der Waals surface area contributed by atoms with Crippen LogP contribution in [0.1, 0.15) is 22.0 Å². The standard InChI is InChI=1S/C15H12BrNO3/c1-9-14(16)11-4-2-3-5-12(11)17(9)8-10-6-7-13(20-10)15(18)19/h2-7H,8H2,1H3,(H,18,19). The Morgan fingerprint density at radius 3 is 2.75 bits per heavy atom. The van der Waals surface area contributed by atoms with Gasteiger partial charge in [0.05, 0.1) is 6.54 Å². The molecule has 0 amide bonds. The first-order chi connectivity index (χ1) is 9.58. The zero-order valence-corrected chi connectivity index (χ0v) is 12.3. The molecule has 0 saturated heterocycles. The molecule has 0 aliphatic heterocycles. The number of furan rings is 1. The Labute approximate surface area is 123 Å². The summed E-state index contributed by atoms with van der Waals surface area (Å²) in [7, 11) is 0. The van der Waals surface area contributed by atoms with Gasteiger partial charge in [-0.1, -0.05) is 18.2 Å². The summed E-state index contributed by atoms with van der Waals surface area (Å²) < 4.78 is 8.48. The van der Waals surface area contributed by atoms with Crippen molar-refractivity contribution in [3.63, 3.8) is 0 Å². The molecule has 20 heavy (non-hydrogen) atoms. The molecule has 0 spiro atoms. The minimum Gasteiger partial charge on any atom is -0.475 e. The van der Waals surface area contributed by atoms with E-state index in [1.54, 1.807) is 6.07 Å². The average Bonchev–Trinajstić information content (AvgIpc) is 3.00. The number of halogens is 1. The number of aromatic nitrogens is 1. The van der Waals surface area contributed by atoms with Gasteiger partial charge in [-0.2, -0.15) is 0 Å². The van der Waals surface area contributed by atoms with Crippen LogP contribution >= 0.6 is 15.9 Å². The fourth-order valence-electron chi connectivity index (χ4n) is 2.33. The maximum atomic E-state index is 10.8. The van der Waals surface area contributed by atoms with Gasteiger partial charge >= 0.3 is 5.97 Å². The lowest BCUT2D eigenvalue weighted by Crippen LogP contribution is -2.00. The fraction of sp³-hybridized carbons (Fsp3) is 0.133. The van der Waals surface area contributed by atoms with Crippen LogP contribution < -0.4 is 0 Å². The molecule has 0 unspecified atom stereocenters. The van der Waals surface area contributed by atoms with Crippen LogP contribution in [0.3, 0.4) is 0 Å². The van der Waals surface area contributed by atoms with Gasteiger partial charge < -0.3 is 14.1 Å². The minimum atomic E-state index is -1.05. The van der Waals surface area contributed by atoms with Gasteiger partial charge in [0.25, 0.3) is 0 Å². The van der Waals surface area contributed by atoms with Gasteiger partial charge in [0, 0.05) is 21.1 Å². The third-order valence-electron chi connectivity index (χ3n) is 3.34. The third-order valence-corrected chi connectivity index (χ3v) is 4.34. The van der Waals surface area contributed by atoms with Crippen molar-refractivity contribution in [2.24, 2.45) is 0 Å². The largest absolute Gasteiger partial charge is 0.475 e. The minimum absolute atomic E-state index is 0.0341. The second-order valence-corrected chi connectivity index (χ2v) is 5.37. The van der Waals surface area contributed by atoms with Gasteiger partial charge in [-0.3, -0.25) is 0 Å². The van der Waals surface area contributed by atoms with E-state index in [9.17, 15) is 4.79 Å². The van der Waals surface area contributed by atoms with Crippen molar-refractivity contribution in [1.82, 2.24) is 4.57 Å². The molecule has 0 saturated carbocycles. The number of carboxylic acids is 1. The Hall–Kier alpha value is -2.01. The number of nitrogens with zero attached hydrogens (tertiary/aromatic N) is 1. The highest BCUT2D eigenvalue weighted by molar-refractivity contribution is 9.10. The molecule has 2 heterocycles. The van der Waals surface area contributed by atoms with E-state index in [1.165, 1.54) is 6.07 Å². The lowest BCUT2D eigenvalue weighted by molar-refractivity contribution is 0.0660. The van der Waals surface area contributed by atoms with E-state index < -0.39 is 5.97 Å². The van der Waals surface area contributed by atoms with Crippen molar-refractivity contribution in [3.8, 4) is 0 Å². The van der Waals surface area contributed by atoms with Crippen LogP contribution in [-0.4, -0.2) is 15.6 Å². The summed E-state index contributed by atoms with van der Waals surface area (Å²) in [6.45, 7) is 2.52. The highest BCUT2D eigenvalue weighted by Crippen LogP contribution is 2.31. The molecule has 1 N–H and O–H groups in total. The van der Waals surface area contributed by atoms with Crippen molar-refractivity contribution in [2.75, 3.05) is 0 Å². The van der Waals surface area contributed by atoms with Gasteiger partial charge in [-0.05, 0) is 41.1 Å². The Morgan fingerprint density at radius 2 is 2.05 bits per heavy atom. The Morgan fingerprint density at radius 1 is 1.30 bits per heavy atom.